The average molecular weight is 179 g/mol. The summed E-state index contributed by atoms with van der Waals surface area (Å²) in [6, 6.07) is 0. The monoisotopic (exact) mass is 179 g/mol. The molecule has 0 aromatic rings. The molecule has 0 unspecified atom stereocenters. The van der Waals surface area contributed by atoms with Gasteiger partial charge in [0.25, 0.3) is 0 Å². The predicted octanol–water partition coefficient (Wildman–Crippen LogP) is 3.54. The quantitative estimate of drug-likeness (QED) is 0.659. The maximum absolute atomic E-state index is 5.83. The molecule has 0 bridgehead atoms. The van der Waals surface area contributed by atoms with Crippen LogP contribution in [-0.2, 0) is 0 Å². The Bertz CT molecular complexity index is 254. The third-order valence-corrected chi connectivity index (χ3v) is 2.41. The van der Waals surface area contributed by atoms with Gasteiger partial charge in [-0.2, -0.15) is 0 Å². The van der Waals surface area contributed by atoms with Crippen LogP contribution in [0.1, 0.15) is 41.0 Å². The second-order valence-electron chi connectivity index (χ2n) is 3.29. The topological polar surface area (TPSA) is 26.0 Å². The van der Waals surface area contributed by atoms with E-state index in [0.717, 1.165) is 12.1 Å². The molecule has 0 spiro atoms. The molecule has 0 amide bonds. The molecule has 74 valence electrons. The van der Waals surface area contributed by atoms with E-state index in [2.05, 4.69) is 33.8 Å². The summed E-state index contributed by atoms with van der Waals surface area (Å²) in [5.74, 6) is 0. The molecule has 0 radical (unpaired) electrons. The Balaban J connectivity index is 4.92. The minimum absolute atomic E-state index is 0.876. The van der Waals surface area contributed by atoms with Crippen LogP contribution < -0.4 is 5.73 Å². The molecule has 0 saturated carbocycles. The fraction of sp³-hybridized carbons (Fsp3) is 0.500. The standard InChI is InChI=1S/C12H21N/c1-6-8-9(3)10(4)11(5)12(13)7-2/h7-8H,6,13H2,1-5H3/b9-8+,11-10+,12-7+. The van der Waals surface area contributed by atoms with Crippen LogP contribution in [0.15, 0.2) is 34.6 Å². The lowest BCUT2D eigenvalue weighted by molar-refractivity contribution is 1.14. The molecule has 0 fully saturated rings. The molecule has 0 aliphatic heterocycles. The highest BCUT2D eigenvalue weighted by Crippen LogP contribution is 2.17. The third kappa shape index (κ3) is 3.49. The van der Waals surface area contributed by atoms with Crippen molar-refractivity contribution in [3.8, 4) is 0 Å². The van der Waals surface area contributed by atoms with Crippen LogP contribution in [0.25, 0.3) is 0 Å². The first kappa shape index (κ1) is 12.0. The van der Waals surface area contributed by atoms with Gasteiger partial charge in [0, 0.05) is 5.70 Å². The lowest BCUT2D eigenvalue weighted by Gasteiger charge is -2.08. The first-order valence-corrected chi connectivity index (χ1v) is 4.81. The van der Waals surface area contributed by atoms with Gasteiger partial charge in [0.1, 0.15) is 0 Å². The first-order chi connectivity index (χ1) is 6.04. The van der Waals surface area contributed by atoms with Crippen molar-refractivity contribution in [2.75, 3.05) is 0 Å². The molecular weight excluding hydrogens is 158 g/mol. The minimum Gasteiger partial charge on any atom is -0.399 e. The Morgan fingerprint density at radius 1 is 1.15 bits per heavy atom. The van der Waals surface area contributed by atoms with E-state index in [1.54, 1.807) is 0 Å². The molecule has 0 heterocycles. The van der Waals surface area contributed by atoms with E-state index in [0.29, 0.717) is 0 Å². The van der Waals surface area contributed by atoms with Crippen molar-refractivity contribution < 1.29 is 0 Å². The summed E-state index contributed by atoms with van der Waals surface area (Å²) in [4.78, 5) is 0. The summed E-state index contributed by atoms with van der Waals surface area (Å²) < 4.78 is 0. The van der Waals surface area contributed by atoms with Gasteiger partial charge in [-0.05, 0) is 45.3 Å². The molecule has 1 nitrogen and oxygen atoms in total. The summed E-state index contributed by atoms with van der Waals surface area (Å²) >= 11 is 0. The van der Waals surface area contributed by atoms with Gasteiger partial charge in [-0.25, -0.2) is 0 Å². The normalized spacial score (nSPS) is 15.8. The van der Waals surface area contributed by atoms with Gasteiger partial charge in [0.15, 0.2) is 0 Å². The molecule has 0 aliphatic rings. The van der Waals surface area contributed by atoms with Gasteiger partial charge in [0.05, 0.1) is 0 Å². The summed E-state index contributed by atoms with van der Waals surface area (Å²) in [5, 5.41) is 0. The minimum atomic E-state index is 0.876. The molecular formula is C12H21N. The lowest BCUT2D eigenvalue weighted by atomic mass is 10.0. The zero-order valence-electron chi connectivity index (χ0n) is 9.44. The maximum Gasteiger partial charge on any atom is 0.0303 e. The highest BCUT2D eigenvalue weighted by atomic mass is 14.6. The van der Waals surface area contributed by atoms with Gasteiger partial charge in [0.2, 0.25) is 0 Å². The van der Waals surface area contributed by atoms with Crippen LogP contribution in [0.2, 0.25) is 0 Å². The maximum atomic E-state index is 5.83. The lowest BCUT2D eigenvalue weighted by Crippen LogP contribution is -2.00. The summed E-state index contributed by atoms with van der Waals surface area (Å²) in [6.07, 6.45) is 5.24. The summed E-state index contributed by atoms with van der Waals surface area (Å²) in [5.41, 5.74) is 10.5. The van der Waals surface area contributed by atoms with Gasteiger partial charge < -0.3 is 5.73 Å². The van der Waals surface area contributed by atoms with E-state index in [-0.39, 0.29) is 0 Å². The Hall–Kier alpha value is -0.980. The molecule has 0 aromatic heterocycles. The number of hydrogen-bond donors (Lipinski definition) is 1. The second-order valence-corrected chi connectivity index (χ2v) is 3.29. The number of hydrogen-bond acceptors (Lipinski definition) is 1. The summed E-state index contributed by atoms with van der Waals surface area (Å²) in [6.45, 7) is 10.4. The predicted molar refractivity (Wildman–Crippen MR) is 60.4 cm³/mol. The van der Waals surface area contributed by atoms with E-state index in [1.165, 1.54) is 16.7 Å². The zero-order chi connectivity index (χ0) is 10.4. The van der Waals surface area contributed by atoms with E-state index in [1.807, 2.05) is 13.0 Å². The van der Waals surface area contributed by atoms with Crippen LogP contribution >= 0.6 is 0 Å². The fourth-order valence-corrected chi connectivity index (χ4v) is 1.19. The zero-order valence-corrected chi connectivity index (χ0v) is 9.44. The Kier molecular flexibility index (Phi) is 5.20. The van der Waals surface area contributed by atoms with E-state index >= 15 is 0 Å². The van der Waals surface area contributed by atoms with Crippen molar-refractivity contribution in [1.29, 1.82) is 0 Å². The van der Waals surface area contributed by atoms with Gasteiger partial charge in [-0.1, -0.05) is 24.6 Å². The molecule has 1 heteroatoms. The van der Waals surface area contributed by atoms with Crippen LogP contribution in [0, 0.1) is 0 Å². The van der Waals surface area contributed by atoms with E-state index in [4.69, 9.17) is 5.73 Å². The van der Waals surface area contributed by atoms with Gasteiger partial charge in [-0.3, -0.25) is 0 Å². The van der Waals surface area contributed by atoms with Crippen LogP contribution in [0.4, 0.5) is 0 Å². The third-order valence-electron chi connectivity index (χ3n) is 2.41. The highest BCUT2D eigenvalue weighted by molar-refractivity contribution is 5.40. The fourth-order valence-electron chi connectivity index (χ4n) is 1.19. The first-order valence-electron chi connectivity index (χ1n) is 4.81. The SMILES string of the molecule is C\C=C(N)/C(C)=C(C)/C(C)=C/CC. The van der Waals surface area contributed by atoms with Crippen LogP contribution in [-0.4, -0.2) is 0 Å². The van der Waals surface area contributed by atoms with Gasteiger partial charge in [-0.15, -0.1) is 0 Å². The molecule has 0 saturated heterocycles. The summed E-state index contributed by atoms with van der Waals surface area (Å²) in [7, 11) is 0. The Morgan fingerprint density at radius 3 is 2.08 bits per heavy atom. The van der Waals surface area contributed by atoms with Crippen molar-refractivity contribution in [3.63, 3.8) is 0 Å². The molecule has 0 aromatic carbocycles. The second kappa shape index (κ2) is 5.63. The number of nitrogens with two attached hydrogens (primary N) is 1. The molecule has 0 rings (SSSR count). The van der Waals surface area contributed by atoms with E-state index in [9.17, 15) is 0 Å². The van der Waals surface area contributed by atoms with Gasteiger partial charge >= 0.3 is 0 Å². The molecule has 0 atom stereocenters. The number of rotatable bonds is 3. The Morgan fingerprint density at radius 2 is 1.69 bits per heavy atom. The van der Waals surface area contributed by atoms with Crippen molar-refractivity contribution in [2.24, 2.45) is 5.73 Å². The molecule has 13 heavy (non-hydrogen) atoms. The highest BCUT2D eigenvalue weighted by Gasteiger charge is 2.00. The van der Waals surface area contributed by atoms with Crippen molar-refractivity contribution >= 4 is 0 Å². The van der Waals surface area contributed by atoms with Crippen LogP contribution in [0.3, 0.4) is 0 Å². The van der Waals surface area contributed by atoms with Crippen molar-refractivity contribution in [3.05, 3.63) is 34.6 Å². The smallest absolute Gasteiger partial charge is 0.0303 e. The van der Waals surface area contributed by atoms with E-state index < -0.39 is 0 Å². The van der Waals surface area contributed by atoms with Crippen molar-refractivity contribution in [2.45, 2.75) is 41.0 Å². The largest absolute Gasteiger partial charge is 0.399 e. The Labute approximate surface area is 82.0 Å². The average Bonchev–Trinajstić information content (AvgIpc) is 2.14. The molecule has 0 aliphatic carbocycles. The van der Waals surface area contributed by atoms with Crippen LogP contribution in [0.5, 0.6) is 0 Å². The van der Waals surface area contributed by atoms with Crippen molar-refractivity contribution in [1.82, 2.24) is 0 Å². The number of allylic oxidation sites excluding steroid dienone is 5. The molecule has 2 N–H and O–H groups in total.